The lowest BCUT2D eigenvalue weighted by Gasteiger charge is -2.12. The Balaban J connectivity index is 1.87. The first-order chi connectivity index (χ1) is 12.7. The molecule has 1 aromatic carbocycles. The summed E-state index contributed by atoms with van der Waals surface area (Å²) in [4.78, 5) is 23.6. The first-order valence-corrected chi connectivity index (χ1v) is 10.6. The molecule has 4 rings (SSSR count). The minimum absolute atomic E-state index is 0.231. The molecule has 0 spiro atoms. The molecule has 0 aliphatic heterocycles. The van der Waals surface area contributed by atoms with E-state index in [1.807, 2.05) is 24.3 Å². The Morgan fingerprint density at radius 2 is 2.08 bits per heavy atom. The zero-order valence-electron chi connectivity index (χ0n) is 14.3. The summed E-state index contributed by atoms with van der Waals surface area (Å²) in [7, 11) is 1.40. The topological polar surface area (TPSA) is 52.1 Å². The molecule has 0 N–H and O–H groups in total. The van der Waals surface area contributed by atoms with Crippen molar-refractivity contribution in [3.63, 3.8) is 0 Å². The fourth-order valence-electron chi connectivity index (χ4n) is 3.18. The van der Waals surface area contributed by atoms with E-state index in [4.69, 9.17) is 26.3 Å². The number of ether oxygens (including phenoxy) is 1. The minimum Gasteiger partial charge on any atom is -0.468 e. The Morgan fingerprint density at radius 3 is 2.88 bits per heavy atom. The van der Waals surface area contributed by atoms with E-state index >= 15 is 0 Å². The third kappa shape index (κ3) is 3.33. The molecular formula is C19H17ClN2O2S2. The van der Waals surface area contributed by atoms with Crippen LogP contribution in [0.25, 0.3) is 21.6 Å². The number of benzene rings is 1. The second kappa shape index (κ2) is 7.55. The highest BCUT2D eigenvalue weighted by Crippen LogP contribution is 2.41. The molecule has 0 saturated heterocycles. The van der Waals surface area contributed by atoms with Crippen molar-refractivity contribution in [1.29, 1.82) is 0 Å². The Kier molecular flexibility index (Phi) is 5.16. The summed E-state index contributed by atoms with van der Waals surface area (Å²) in [5.74, 6) is 0.578. The van der Waals surface area contributed by atoms with Crippen molar-refractivity contribution in [2.45, 2.75) is 30.7 Å². The van der Waals surface area contributed by atoms with Crippen LogP contribution in [-0.4, -0.2) is 28.8 Å². The van der Waals surface area contributed by atoms with Crippen LogP contribution in [0.15, 0.2) is 29.3 Å². The average molecular weight is 405 g/mol. The molecule has 26 heavy (non-hydrogen) atoms. The Morgan fingerprint density at radius 1 is 1.27 bits per heavy atom. The minimum atomic E-state index is -0.259. The first kappa shape index (κ1) is 17.8. The van der Waals surface area contributed by atoms with Gasteiger partial charge in [-0.2, -0.15) is 0 Å². The van der Waals surface area contributed by atoms with Gasteiger partial charge in [0.25, 0.3) is 0 Å². The van der Waals surface area contributed by atoms with E-state index < -0.39 is 0 Å². The van der Waals surface area contributed by atoms with Crippen LogP contribution in [-0.2, 0) is 22.4 Å². The highest BCUT2D eigenvalue weighted by Gasteiger charge is 2.22. The number of carbonyl (C=O) groups is 1. The summed E-state index contributed by atoms with van der Waals surface area (Å²) in [6.45, 7) is 0. The number of rotatable bonds is 4. The van der Waals surface area contributed by atoms with Crippen LogP contribution in [0.5, 0.6) is 0 Å². The van der Waals surface area contributed by atoms with E-state index in [1.54, 1.807) is 11.3 Å². The number of esters is 1. The maximum atomic E-state index is 11.7. The van der Waals surface area contributed by atoms with Crippen molar-refractivity contribution in [3.8, 4) is 11.4 Å². The van der Waals surface area contributed by atoms with E-state index in [9.17, 15) is 4.79 Å². The average Bonchev–Trinajstić information content (AvgIpc) is 3.04. The van der Waals surface area contributed by atoms with Gasteiger partial charge in [-0.3, -0.25) is 4.79 Å². The molecule has 1 aliphatic carbocycles. The van der Waals surface area contributed by atoms with E-state index in [2.05, 4.69) is 0 Å². The molecule has 3 aromatic rings. The monoisotopic (exact) mass is 404 g/mol. The van der Waals surface area contributed by atoms with Crippen LogP contribution in [0.2, 0.25) is 5.02 Å². The van der Waals surface area contributed by atoms with E-state index in [0.29, 0.717) is 10.8 Å². The van der Waals surface area contributed by atoms with Gasteiger partial charge in [0, 0.05) is 15.8 Å². The molecule has 0 fully saturated rings. The van der Waals surface area contributed by atoms with Crippen LogP contribution in [0, 0.1) is 0 Å². The largest absolute Gasteiger partial charge is 0.468 e. The fourth-order valence-corrected chi connectivity index (χ4v) is 5.61. The van der Waals surface area contributed by atoms with Crippen LogP contribution in [0.3, 0.4) is 0 Å². The van der Waals surface area contributed by atoms with Crippen LogP contribution < -0.4 is 0 Å². The van der Waals surface area contributed by atoms with Gasteiger partial charge < -0.3 is 4.74 Å². The summed E-state index contributed by atoms with van der Waals surface area (Å²) in [5, 5.41) is 2.57. The van der Waals surface area contributed by atoms with Crippen molar-refractivity contribution in [3.05, 3.63) is 39.7 Å². The third-order valence-corrected chi connectivity index (χ3v) is 6.91. The molecule has 134 valence electrons. The van der Waals surface area contributed by atoms with Gasteiger partial charge in [-0.15, -0.1) is 11.3 Å². The van der Waals surface area contributed by atoms with Gasteiger partial charge in [0.05, 0.1) is 17.9 Å². The third-order valence-electron chi connectivity index (χ3n) is 4.45. The molecular weight excluding hydrogens is 388 g/mol. The lowest BCUT2D eigenvalue weighted by molar-refractivity contribution is -0.137. The number of aromatic nitrogens is 2. The number of halogens is 1. The van der Waals surface area contributed by atoms with Gasteiger partial charge in [0.15, 0.2) is 5.82 Å². The highest BCUT2D eigenvalue weighted by molar-refractivity contribution is 8.00. The fraction of sp³-hybridized carbons (Fsp3) is 0.316. The molecule has 2 heterocycles. The zero-order valence-corrected chi connectivity index (χ0v) is 16.6. The molecule has 7 heteroatoms. The molecule has 0 unspecified atom stereocenters. The van der Waals surface area contributed by atoms with Gasteiger partial charge in [-0.25, -0.2) is 9.97 Å². The highest BCUT2D eigenvalue weighted by atomic mass is 35.5. The number of hydrogen-bond donors (Lipinski definition) is 0. The lowest BCUT2D eigenvalue weighted by atomic mass is 9.97. The maximum Gasteiger partial charge on any atom is 0.316 e. The van der Waals surface area contributed by atoms with Gasteiger partial charge in [-0.1, -0.05) is 35.5 Å². The van der Waals surface area contributed by atoms with Gasteiger partial charge in [0.1, 0.15) is 9.86 Å². The van der Waals surface area contributed by atoms with Crippen LogP contribution >= 0.6 is 34.7 Å². The van der Waals surface area contributed by atoms with E-state index in [0.717, 1.165) is 33.6 Å². The number of methoxy groups -OCH3 is 1. The molecule has 0 atom stereocenters. The Labute approximate surface area is 165 Å². The molecule has 4 nitrogen and oxygen atoms in total. The normalized spacial score (nSPS) is 13.6. The molecule has 2 aromatic heterocycles. The van der Waals surface area contributed by atoms with Gasteiger partial charge >= 0.3 is 5.97 Å². The lowest BCUT2D eigenvalue weighted by Crippen LogP contribution is -2.04. The SMILES string of the molecule is COC(=O)CSc1nc(-c2ccccc2Cl)nc2sc3c(c12)CCCC3. The summed E-state index contributed by atoms with van der Waals surface area (Å²) < 4.78 is 4.79. The van der Waals surface area contributed by atoms with Crippen molar-refractivity contribution in [1.82, 2.24) is 9.97 Å². The van der Waals surface area contributed by atoms with Crippen LogP contribution in [0.1, 0.15) is 23.3 Å². The van der Waals surface area contributed by atoms with Crippen molar-refractivity contribution in [2.75, 3.05) is 12.9 Å². The number of thioether (sulfide) groups is 1. The van der Waals surface area contributed by atoms with E-state index in [1.165, 1.54) is 42.2 Å². The van der Waals surface area contributed by atoms with Crippen molar-refractivity contribution >= 4 is 50.9 Å². The van der Waals surface area contributed by atoms with Crippen LogP contribution in [0.4, 0.5) is 0 Å². The Hall–Kier alpha value is -1.63. The summed E-state index contributed by atoms with van der Waals surface area (Å²) >= 11 is 9.51. The standard InChI is InChI=1S/C19H17ClN2O2S2/c1-24-15(23)10-25-18-16-12-7-3-5-9-14(12)26-19(16)22-17(21-18)11-6-2-4-8-13(11)20/h2,4,6,8H,3,5,7,9-10H2,1H3. The number of nitrogens with zero attached hydrogens (tertiary/aromatic N) is 2. The number of fused-ring (bicyclic) bond motifs is 3. The predicted octanol–water partition coefficient (Wildman–Crippen LogP) is 5.16. The summed E-state index contributed by atoms with van der Waals surface area (Å²) in [6, 6.07) is 7.58. The van der Waals surface area contributed by atoms with Gasteiger partial charge in [0.2, 0.25) is 0 Å². The number of carbonyl (C=O) groups excluding carboxylic acids is 1. The van der Waals surface area contributed by atoms with Gasteiger partial charge in [-0.05, 0) is 43.4 Å². The molecule has 0 radical (unpaired) electrons. The predicted molar refractivity (Wildman–Crippen MR) is 107 cm³/mol. The Bertz CT molecular complexity index is 987. The maximum absolute atomic E-state index is 11.7. The first-order valence-electron chi connectivity index (χ1n) is 8.44. The number of thiophene rings is 1. The smallest absolute Gasteiger partial charge is 0.316 e. The van der Waals surface area contributed by atoms with Crippen molar-refractivity contribution in [2.24, 2.45) is 0 Å². The zero-order chi connectivity index (χ0) is 18.1. The molecule has 0 saturated carbocycles. The molecule has 0 amide bonds. The van der Waals surface area contributed by atoms with Crippen molar-refractivity contribution < 1.29 is 9.53 Å². The molecule has 1 aliphatic rings. The molecule has 0 bridgehead atoms. The number of aryl methyl sites for hydroxylation is 2. The quantitative estimate of drug-likeness (QED) is 0.341. The second-order valence-electron chi connectivity index (χ2n) is 6.09. The summed E-state index contributed by atoms with van der Waals surface area (Å²) in [5.41, 5.74) is 2.16. The number of hydrogen-bond acceptors (Lipinski definition) is 6. The van der Waals surface area contributed by atoms with E-state index in [-0.39, 0.29) is 11.7 Å². The second-order valence-corrected chi connectivity index (χ2v) is 8.54. The summed E-state index contributed by atoms with van der Waals surface area (Å²) in [6.07, 6.45) is 4.55.